The lowest BCUT2D eigenvalue weighted by molar-refractivity contribution is 0.624. The molecule has 4 N–H and O–H groups in total. The van der Waals surface area contributed by atoms with Gasteiger partial charge >= 0.3 is 0 Å². The molecular weight excluding hydrogens is 212 g/mol. The molecule has 90 valence electrons. The first-order valence-electron chi connectivity index (χ1n) is 5.84. The monoisotopic (exact) mass is 230 g/mol. The lowest BCUT2D eigenvalue weighted by Gasteiger charge is -2.08. The summed E-state index contributed by atoms with van der Waals surface area (Å²) < 4.78 is 2.14. The summed E-state index contributed by atoms with van der Waals surface area (Å²) in [6.07, 6.45) is 5.55. The van der Waals surface area contributed by atoms with Gasteiger partial charge in [0, 0.05) is 31.0 Å². The van der Waals surface area contributed by atoms with Crippen molar-refractivity contribution in [3.05, 3.63) is 48.0 Å². The highest BCUT2D eigenvalue weighted by molar-refractivity contribution is 5.47. The summed E-state index contributed by atoms with van der Waals surface area (Å²) in [7, 11) is 0. The number of aryl methyl sites for hydroxylation is 1. The Kier molecular flexibility index (Phi) is 3.77. The van der Waals surface area contributed by atoms with Crippen LogP contribution in [0.3, 0.4) is 0 Å². The topological polar surface area (TPSA) is 69.9 Å². The standard InChI is InChI=1S/C13H18N4/c14-6-3-8-17-9-7-16-13(17)10-11-4-1-2-5-12(11)15/h1-2,4-5,7,9H,3,6,8,10,14-15H2. The molecule has 0 fully saturated rings. The van der Waals surface area contributed by atoms with Gasteiger partial charge in [-0.05, 0) is 24.6 Å². The van der Waals surface area contributed by atoms with Gasteiger partial charge in [-0.25, -0.2) is 4.98 Å². The molecule has 0 saturated carbocycles. The van der Waals surface area contributed by atoms with E-state index >= 15 is 0 Å². The molecule has 0 saturated heterocycles. The van der Waals surface area contributed by atoms with Crippen LogP contribution < -0.4 is 11.5 Å². The van der Waals surface area contributed by atoms with Crippen LogP contribution in [0.5, 0.6) is 0 Å². The number of benzene rings is 1. The largest absolute Gasteiger partial charge is 0.398 e. The third kappa shape index (κ3) is 2.85. The number of anilines is 1. The first kappa shape index (κ1) is 11.7. The van der Waals surface area contributed by atoms with Crippen LogP contribution in [0.1, 0.15) is 17.8 Å². The number of para-hydroxylation sites is 1. The average Bonchev–Trinajstić information content (AvgIpc) is 2.77. The van der Waals surface area contributed by atoms with E-state index in [2.05, 4.69) is 9.55 Å². The van der Waals surface area contributed by atoms with Crippen molar-refractivity contribution < 1.29 is 0 Å². The van der Waals surface area contributed by atoms with Crippen LogP contribution in [0.4, 0.5) is 5.69 Å². The normalized spacial score (nSPS) is 10.6. The Hall–Kier alpha value is -1.81. The summed E-state index contributed by atoms with van der Waals surface area (Å²) in [6, 6.07) is 7.90. The molecular formula is C13H18N4. The summed E-state index contributed by atoms with van der Waals surface area (Å²) in [5.74, 6) is 1.04. The SMILES string of the molecule is NCCCn1ccnc1Cc1ccccc1N. The van der Waals surface area contributed by atoms with Gasteiger partial charge in [0.15, 0.2) is 0 Å². The third-order valence-electron chi connectivity index (χ3n) is 2.81. The minimum Gasteiger partial charge on any atom is -0.398 e. The van der Waals surface area contributed by atoms with Gasteiger partial charge in [-0.1, -0.05) is 18.2 Å². The van der Waals surface area contributed by atoms with Crippen molar-refractivity contribution in [3.63, 3.8) is 0 Å². The highest BCUT2D eigenvalue weighted by Gasteiger charge is 2.05. The van der Waals surface area contributed by atoms with Crippen LogP contribution in [0.15, 0.2) is 36.7 Å². The minimum absolute atomic E-state index is 0.699. The Morgan fingerprint density at radius 3 is 2.82 bits per heavy atom. The number of nitrogens with two attached hydrogens (primary N) is 2. The van der Waals surface area contributed by atoms with Gasteiger partial charge in [0.2, 0.25) is 0 Å². The van der Waals surface area contributed by atoms with E-state index in [-0.39, 0.29) is 0 Å². The van der Waals surface area contributed by atoms with Crippen LogP contribution >= 0.6 is 0 Å². The number of hydrogen-bond donors (Lipinski definition) is 2. The fourth-order valence-corrected chi connectivity index (χ4v) is 1.84. The predicted molar refractivity (Wildman–Crippen MR) is 69.6 cm³/mol. The number of imidazole rings is 1. The van der Waals surface area contributed by atoms with Gasteiger partial charge in [-0.3, -0.25) is 0 Å². The van der Waals surface area contributed by atoms with Crippen molar-refractivity contribution in [2.24, 2.45) is 5.73 Å². The molecule has 2 rings (SSSR count). The van der Waals surface area contributed by atoms with Crippen LogP contribution in [-0.4, -0.2) is 16.1 Å². The Balaban J connectivity index is 2.13. The molecule has 2 aromatic rings. The van der Waals surface area contributed by atoms with Crippen LogP contribution in [0, 0.1) is 0 Å². The lowest BCUT2D eigenvalue weighted by atomic mass is 10.1. The van der Waals surface area contributed by atoms with Gasteiger partial charge in [0.25, 0.3) is 0 Å². The minimum atomic E-state index is 0.699. The molecule has 0 aliphatic carbocycles. The summed E-state index contributed by atoms with van der Waals surface area (Å²) in [5, 5.41) is 0. The summed E-state index contributed by atoms with van der Waals surface area (Å²) in [5.41, 5.74) is 13.4. The maximum Gasteiger partial charge on any atom is 0.113 e. The van der Waals surface area contributed by atoms with E-state index in [1.54, 1.807) is 0 Å². The molecule has 0 radical (unpaired) electrons. The summed E-state index contributed by atoms with van der Waals surface area (Å²) in [4.78, 5) is 4.37. The van der Waals surface area contributed by atoms with Gasteiger partial charge in [0.1, 0.15) is 5.82 Å². The average molecular weight is 230 g/mol. The number of hydrogen-bond acceptors (Lipinski definition) is 3. The molecule has 4 nitrogen and oxygen atoms in total. The highest BCUT2D eigenvalue weighted by atomic mass is 15.1. The second kappa shape index (κ2) is 5.50. The molecule has 0 aliphatic heterocycles. The van der Waals surface area contributed by atoms with Crippen LogP contribution in [-0.2, 0) is 13.0 Å². The van der Waals surface area contributed by atoms with Crippen molar-refractivity contribution in [3.8, 4) is 0 Å². The first-order chi connectivity index (χ1) is 8.31. The van der Waals surface area contributed by atoms with Gasteiger partial charge < -0.3 is 16.0 Å². The summed E-state index contributed by atoms with van der Waals surface area (Å²) >= 11 is 0. The van der Waals surface area contributed by atoms with Crippen molar-refractivity contribution in [1.29, 1.82) is 0 Å². The van der Waals surface area contributed by atoms with E-state index in [1.807, 2.05) is 36.7 Å². The molecule has 1 aromatic heterocycles. The quantitative estimate of drug-likeness (QED) is 0.763. The van der Waals surface area contributed by atoms with Crippen molar-refractivity contribution in [1.82, 2.24) is 9.55 Å². The van der Waals surface area contributed by atoms with E-state index in [0.717, 1.165) is 36.5 Å². The first-order valence-corrected chi connectivity index (χ1v) is 5.84. The molecule has 0 aliphatic rings. The van der Waals surface area contributed by atoms with Crippen LogP contribution in [0.2, 0.25) is 0 Å². The van der Waals surface area contributed by atoms with E-state index < -0.39 is 0 Å². The lowest BCUT2D eigenvalue weighted by Crippen LogP contribution is -2.09. The van der Waals surface area contributed by atoms with E-state index in [0.29, 0.717) is 6.54 Å². The number of nitrogens with zero attached hydrogens (tertiary/aromatic N) is 2. The van der Waals surface area contributed by atoms with Gasteiger partial charge in [0.05, 0.1) is 0 Å². The maximum atomic E-state index is 5.93. The smallest absolute Gasteiger partial charge is 0.113 e. The second-order valence-corrected chi connectivity index (χ2v) is 4.05. The maximum absolute atomic E-state index is 5.93. The fraction of sp³-hybridized carbons (Fsp3) is 0.308. The molecule has 1 aromatic carbocycles. The molecule has 0 amide bonds. The number of aromatic nitrogens is 2. The van der Waals surface area contributed by atoms with Gasteiger partial charge in [-0.2, -0.15) is 0 Å². The molecule has 0 atom stereocenters. The second-order valence-electron chi connectivity index (χ2n) is 4.05. The molecule has 1 heterocycles. The number of nitrogen functional groups attached to an aromatic ring is 1. The zero-order chi connectivity index (χ0) is 12.1. The van der Waals surface area contributed by atoms with E-state index in [9.17, 15) is 0 Å². The fourth-order valence-electron chi connectivity index (χ4n) is 1.84. The van der Waals surface area contributed by atoms with E-state index in [1.165, 1.54) is 0 Å². The Labute approximate surface area is 101 Å². The van der Waals surface area contributed by atoms with Gasteiger partial charge in [-0.15, -0.1) is 0 Å². The molecule has 4 heteroatoms. The number of rotatable bonds is 5. The Morgan fingerprint density at radius 1 is 1.24 bits per heavy atom. The summed E-state index contributed by atoms with van der Waals surface area (Å²) in [6.45, 7) is 1.61. The molecule has 0 bridgehead atoms. The Bertz CT molecular complexity index is 476. The van der Waals surface area contributed by atoms with Crippen molar-refractivity contribution >= 4 is 5.69 Å². The van der Waals surface area contributed by atoms with E-state index in [4.69, 9.17) is 11.5 Å². The predicted octanol–water partition coefficient (Wildman–Crippen LogP) is 1.40. The zero-order valence-corrected chi connectivity index (χ0v) is 9.84. The van der Waals surface area contributed by atoms with Crippen molar-refractivity contribution in [2.75, 3.05) is 12.3 Å². The zero-order valence-electron chi connectivity index (χ0n) is 9.84. The Morgan fingerprint density at radius 2 is 2.06 bits per heavy atom. The molecule has 0 unspecified atom stereocenters. The molecule has 17 heavy (non-hydrogen) atoms. The molecule has 0 spiro atoms. The third-order valence-corrected chi connectivity index (χ3v) is 2.81. The highest BCUT2D eigenvalue weighted by Crippen LogP contribution is 2.15. The van der Waals surface area contributed by atoms with Crippen molar-refractivity contribution in [2.45, 2.75) is 19.4 Å². The van der Waals surface area contributed by atoms with Crippen LogP contribution in [0.25, 0.3) is 0 Å².